The molecule has 0 aliphatic carbocycles. The van der Waals surface area contributed by atoms with Gasteiger partial charge in [0.2, 0.25) is 0 Å². The van der Waals surface area contributed by atoms with Crippen molar-refractivity contribution >= 4 is 0 Å². The molecule has 0 aromatic heterocycles. The van der Waals surface area contributed by atoms with E-state index in [0.29, 0.717) is 18.1 Å². The van der Waals surface area contributed by atoms with Gasteiger partial charge in [-0.3, -0.25) is 4.90 Å². The van der Waals surface area contributed by atoms with Gasteiger partial charge in [0.05, 0.1) is 0 Å². The van der Waals surface area contributed by atoms with E-state index in [9.17, 15) is 0 Å². The molecule has 0 bridgehead atoms. The summed E-state index contributed by atoms with van der Waals surface area (Å²) in [6, 6.07) is 12.7. The fourth-order valence-corrected chi connectivity index (χ4v) is 2.93. The molecule has 0 spiro atoms. The first-order chi connectivity index (χ1) is 8.65. The van der Waals surface area contributed by atoms with Crippen LogP contribution in [0.1, 0.15) is 32.8 Å². The summed E-state index contributed by atoms with van der Waals surface area (Å²) in [7, 11) is 0. The SMILES string of the molecule is CC1CN(C(C)CCc2ccccc2)CC(C)N1. The summed E-state index contributed by atoms with van der Waals surface area (Å²) in [4.78, 5) is 2.63. The van der Waals surface area contributed by atoms with E-state index in [0.717, 1.165) is 0 Å². The fraction of sp³-hybridized carbons (Fsp3) is 0.625. The average Bonchev–Trinajstić information content (AvgIpc) is 2.36. The van der Waals surface area contributed by atoms with Gasteiger partial charge in [0, 0.05) is 31.2 Å². The maximum absolute atomic E-state index is 3.60. The smallest absolute Gasteiger partial charge is 0.0169 e. The summed E-state index contributed by atoms with van der Waals surface area (Å²) in [5.41, 5.74) is 1.46. The van der Waals surface area contributed by atoms with Crippen LogP contribution in [0, 0.1) is 0 Å². The summed E-state index contributed by atoms with van der Waals surface area (Å²) in [6.45, 7) is 9.30. The number of hydrogen-bond acceptors (Lipinski definition) is 2. The summed E-state index contributed by atoms with van der Waals surface area (Å²) < 4.78 is 0. The Labute approximate surface area is 111 Å². The van der Waals surface area contributed by atoms with E-state index in [-0.39, 0.29) is 0 Å². The molecule has 0 saturated carbocycles. The van der Waals surface area contributed by atoms with Crippen molar-refractivity contribution in [1.82, 2.24) is 10.2 Å². The highest BCUT2D eigenvalue weighted by Gasteiger charge is 2.24. The van der Waals surface area contributed by atoms with Gasteiger partial charge in [0.1, 0.15) is 0 Å². The van der Waals surface area contributed by atoms with E-state index in [1.54, 1.807) is 0 Å². The van der Waals surface area contributed by atoms with Crippen LogP contribution in [-0.2, 0) is 6.42 Å². The van der Waals surface area contributed by atoms with Crippen molar-refractivity contribution < 1.29 is 0 Å². The summed E-state index contributed by atoms with van der Waals surface area (Å²) >= 11 is 0. The van der Waals surface area contributed by atoms with Gasteiger partial charge < -0.3 is 5.32 Å². The molecule has 3 unspecified atom stereocenters. The van der Waals surface area contributed by atoms with Crippen molar-refractivity contribution in [3.05, 3.63) is 35.9 Å². The maximum atomic E-state index is 3.60. The molecule has 3 atom stereocenters. The van der Waals surface area contributed by atoms with Gasteiger partial charge in [-0.05, 0) is 39.2 Å². The molecule has 100 valence electrons. The Morgan fingerprint density at radius 2 is 1.78 bits per heavy atom. The van der Waals surface area contributed by atoms with Crippen LogP contribution in [-0.4, -0.2) is 36.1 Å². The van der Waals surface area contributed by atoms with Gasteiger partial charge in [-0.1, -0.05) is 30.3 Å². The molecule has 1 aromatic rings. The molecule has 0 amide bonds. The molecule has 2 rings (SSSR count). The third-order valence-electron chi connectivity index (χ3n) is 3.90. The number of aryl methyl sites for hydroxylation is 1. The average molecular weight is 246 g/mol. The molecule has 1 aliphatic rings. The van der Waals surface area contributed by atoms with Crippen molar-refractivity contribution in [2.24, 2.45) is 0 Å². The van der Waals surface area contributed by atoms with E-state index in [4.69, 9.17) is 0 Å². The zero-order chi connectivity index (χ0) is 13.0. The fourth-order valence-electron chi connectivity index (χ4n) is 2.93. The van der Waals surface area contributed by atoms with Crippen LogP contribution in [0.25, 0.3) is 0 Å². The Balaban J connectivity index is 1.82. The molecule has 1 N–H and O–H groups in total. The van der Waals surface area contributed by atoms with Crippen molar-refractivity contribution in [2.45, 2.75) is 51.7 Å². The lowest BCUT2D eigenvalue weighted by atomic mass is 10.0. The molecule has 1 aromatic carbocycles. The topological polar surface area (TPSA) is 15.3 Å². The van der Waals surface area contributed by atoms with E-state index >= 15 is 0 Å². The number of rotatable bonds is 4. The molecule has 18 heavy (non-hydrogen) atoms. The van der Waals surface area contributed by atoms with Gasteiger partial charge in [0.25, 0.3) is 0 Å². The predicted molar refractivity (Wildman–Crippen MR) is 77.9 cm³/mol. The first-order valence-corrected chi connectivity index (χ1v) is 7.19. The van der Waals surface area contributed by atoms with Crippen molar-refractivity contribution in [1.29, 1.82) is 0 Å². The van der Waals surface area contributed by atoms with E-state index < -0.39 is 0 Å². The van der Waals surface area contributed by atoms with E-state index in [2.05, 4.69) is 61.3 Å². The van der Waals surface area contributed by atoms with Gasteiger partial charge in [0.15, 0.2) is 0 Å². The molecule has 1 aliphatic heterocycles. The van der Waals surface area contributed by atoms with Crippen LogP contribution < -0.4 is 5.32 Å². The van der Waals surface area contributed by atoms with Gasteiger partial charge in [-0.15, -0.1) is 0 Å². The molecule has 2 nitrogen and oxygen atoms in total. The Bertz CT molecular complexity index is 339. The van der Waals surface area contributed by atoms with E-state index in [1.165, 1.54) is 31.5 Å². The second-order valence-electron chi connectivity index (χ2n) is 5.80. The van der Waals surface area contributed by atoms with Gasteiger partial charge in [-0.25, -0.2) is 0 Å². The molecular formula is C16H26N2. The monoisotopic (exact) mass is 246 g/mol. The van der Waals surface area contributed by atoms with Crippen LogP contribution in [0.3, 0.4) is 0 Å². The van der Waals surface area contributed by atoms with Crippen molar-refractivity contribution in [2.75, 3.05) is 13.1 Å². The quantitative estimate of drug-likeness (QED) is 0.878. The minimum Gasteiger partial charge on any atom is -0.309 e. The second kappa shape index (κ2) is 6.35. The largest absolute Gasteiger partial charge is 0.309 e. The molecule has 1 fully saturated rings. The summed E-state index contributed by atoms with van der Waals surface area (Å²) in [5.74, 6) is 0. The summed E-state index contributed by atoms with van der Waals surface area (Å²) in [5, 5.41) is 3.60. The lowest BCUT2D eigenvalue weighted by molar-refractivity contribution is 0.126. The van der Waals surface area contributed by atoms with Crippen LogP contribution >= 0.6 is 0 Å². The zero-order valence-corrected chi connectivity index (χ0v) is 11.9. The predicted octanol–water partition coefficient (Wildman–Crippen LogP) is 2.69. The van der Waals surface area contributed by atoms with E-state index in [1.807, 2.05) is 0 Å². The van der Waals surface area contributed by atoms with Crippen molar-refractivity contribution in [3.8, 4) is 0 Å². The third kappa shape index (κ3) is 3.82. The molecule has 1 heterocycles. The third-order valence-corrected chi connectivity index (χ3v) is 3.90. The number of benzene rings is 1. The number of piperazine rings is 1. The van der Waals surface area contributed by atoms with Crippen LogP contribution in [0.2, 0.25) is 0 Å². The lowest BCUT2D eigenvalue weighted by Gasteiger charge is -2.39. The minimum atomic E-state index is 0.618. The molecule has 1 saturated heterocycles. The zero-order valence-electron chi connectivity index (χ0n) is 11.9. The normalized spacial score (nSPS) is 27.1. The summed E-state index contributed by atoms with van der Waals surface area (Å²) in [6.07, 6.45) is 2.44. The number of nitrogens with zero attached hydrogens (tertiary/aromatic N) is 1. The standard InChI is InChI=1S/C16H26N2/c1-13-11-18(12-14(2)17-13)15(3)9-10-16-7-5-4-6-8-16/h4-8,13-15,17H,9-12H2,1-3H3. The number of nitrogens with one attached hydrogen (secondary N) is 1. The van der Waals surface area contributed by atoms with Gasteiger partial charge in [-0.2, -0.15) is 0 Å². The minimum absolute atomic E-state index is 0.618. The van der Waals surface area contributed by atoms with Gasteiger partial charge >= 0.3 is 0 Å². The molecular weight excluding hydrogens is 220 g/mol. The second-order valence-corrected chi connectivity index (χ2v) is 5.80. The Hall–Kier alpha value is -0.860. The lowest BCUT2D eigenvalue weighted by Crippen LogP contribution is -2.56. The van der Waals surface area contributed by atoms with Crippen molar-refractivity contribution in [3.63, 3.8) is 0 Å². The highest BCUT2D eigenvalue weighted by molar-refractivity contribution is 5.14. The van der Waals surface area contributed by atoms with Crippen LogP contribution in [0.5, 0.6) is 0 Å². The number of hydrogen-bond donors (Lipinski definition) is 1. The highest BCUT2D eigenvalue weighted by Crippen LogP contribution is 2.13. The molecule has 2 heteroatoms. The first kappa shape index (κ1) is 13.6. The Morgan fingerprint density at radius 3 is 2.39 bits per heavy atom. The Kier molecular flexibility index (Phi) is 4.79. The van der Waals surface area contributed by atoms with Crippen LogP contribution in [0.15, 0.2) is 30.3 Å². The first-order valence-electron chi connectivity index (χ1n) is 7.19. The molecule has 0 radical (unpaired) electrons. The highest BCUT2D eigenvalue weighted by atomic mass is 15.2. The van der Waals surface area contributed by atoms with Crippen LogP contribution in [0.4, 0.5) is 0 Å². The maximum Gasteiger partial charge on any atom is 0.0169 e. The Morgan fingerprint density at radius 1 is 1.17 bits per heavy atom.